The molecule has 2 rings (SSSR count). The highest BCUT2D eigenvalue weighted by molar-refractivity contribution is 5.51. The lowest BCUT2D eigenvalue weighted by Crippen LogP contribution is -2.23. The Bertz CT molecular complexity index is 453. The Kier molecular flexibility index (Phi) is 2.89. The van der Waals surface area contributed by atoms with E-state index in [4.69, 9.17) is 0 Å². The third kappa shape index (κ3) is 1.91. The molecule has 0 spiro atoms. The number of anilines is 1. The monoisotopic (exact) mass is 220 g/mol. The van der Waals surface area contributed by atoms with Crippen LogP contribution in [0.2, 0.25) is 0 Å². The molecule has 2 aromatic rings. The summed E-state index contributed by atoms with van der Waals surface area (Å²) in [6.45, 7) is 7.91. The normalized spacial score (nSPS) is 10.7. The van der Waals surface area contributed by atoms with Crippen molar-refractivity contribution in [2.24, 2.45) is 0 Å². The zero-order valence-corrected chi connectivity index (χ0v) is 9.78. The van der Waals surface area contributed by atoms with Gasteiger partial charge in [0, 0.05) is 18.8 Å². The van der Waals surface area contributed by atoms with E-state index in [1.54, 1.807) is 0 Å². The molecule has 2 aromatic heterocycles. The number of rotatable bonds is 4. The van der Waals surface area contributed by atoms with Crippen molar-refractivity contribution < 1.29 is 0 Å². The van der Waals surface area contributed by atoms with Gasteiger partial charge in [0.2, 0.25) is 5.95 Å². The quantitative estimate of drug-likeness (QED) is 0.815. The van der Waals surface area contributed by atoms with Crippen molar-refractivity contribution in [3.05, 3.63) is 11.8 Å². The van der Waals surface area contributed by atoms with E-state index in [0.29, 0.717) is 5.82 Å². The van der Waals surface area contributed by atoms with Crippen molar-refractivity contribution in [1.82, 2.24) is 25.4 Å². The molecule has 0 aliphatic rings. The van der Waals surface area contributed by atoms with Crippen LogP contribution < -0.4 is 4.90 Å². The molecule has 0 aliphatic heterocycles. The Hall–Kier alpha value is -1.85. The first-order valence-electron chi connectivity index (χ1n) is 5.44. The minimum Gasteiger partial charge on any atom is -0.340 e. The highest BCUT2D eigenvalue weighted by atomic mass is 15.4. The lowest BCUT2D eigenvalue weighted by atomic mass is 10.4. The molecule has 0 saturated carbocycles. The molecule has 0 fully saturated rings. The highest BCUT2D eigenvalue weighted by Gasteiger charge is 2.11. The number of H-pyrrole nitrogens is 2. The van der Waals surface area contributed by atoms with Crippen LogP contribution in [0.1, 0.15) is 19.5 Å². The maximum Gasteiger partial charge on any atom is 0.245 e. The minimum atomic E-state index is 0.700. The van der Waals surface area contributed by atoms with Crippen LogP contribution >= 0.6 is 0 Å². The van der Waals surface area contributed by atoms with Crippen molar-refractivity contribution in [3.8, 4) is 11.5 Å². The van der Waals surface area contributed by atoms with Gasteiger partial charge in [0.1, 0.15) is 5.69 Å². The molecule has 2 heterocycles. The fourth-order valence-electron chi connectivity index (χ4n) is 1.55. The van der Waals surface area contributed by atoms with E-state index in [1.165, 1.54) is 0 Å². The first-order valence-corrected chi connectivity index (χ1v) is 5.44. The van der Waals surface area contributed by atoms with Crippen LogP contribution in [0.5, 0.6) is 0 Å². The van der Waals surface area contributed by atoms with Gasteiger partial charge >= 0.3 is 0 Å². The van der Waals surface area contributed by atoms with Crippen LogP contribution in [-0.2, 0) is 0 Å². The summed E-state index contributed by atoms with van der Waals surface area (Å²) < 4.78 is 0. The van der Waals surface area contributed by atoms with E-state index in [-0.39, 0.29) is 0 Å². The van der Waals surface area contributed by atoms with Gasteiger partial charge in [-0.3, -0.25) is 10.2 Å². The fourth-order valence-corrected chi connectivity index (χ4v) is 1.55. The van der Waals surface area contributed by atoms with Gasteiger partial charge in [-0.2, -0.15) is 10.1 Å². The zero-order chi connectivity index (χ0) is 11.5. The molecule has 0 amide bonds. The number of nitrogens with zero attached hydrogens (tertiary/aromatic N) is 4. The zero-order valence-electron chi connectivity index (χ0n) is 9.78. The Morgan fingerprint density at radius 2 is 1.94 bits per heavy atom. The first-order chi connectivity index (χ1) is 7.74. The van der Waals surface area contributed by atoms with Crippen LogP contribution in [0.3, 0.4) is 0 Å². The third-order valence-electron chi connectivity index (χ3n) is 2.47. The van der Waals surface area contributed by atoms with Crippen LogP contribution in [-0.4, -0.2) is 38.5 Å². The lowest BCUT2D eigenvalue weighted by Gasteiger charge is -2.14. The first kappa shape index (κ1) is 10.7. The summed E-state index contributed by atoms with van der Waals surface area (Å²) in [6.07, 6.45) is 0. The Morgan fingerprint density at radius 3 is 2.50 bits per heavy atom. The summed E-state index contributed by atoms with van der Waals surface area (Å²) >= 11 is 0. The molecule has 6 nitrogen and oxygen atoms in total. The van der Waals surface area contributed by atoms with E-state index < -0.39 is 0 Å². The van der Waals surface area contributed by atoms with Crippen molar-refractivity contribution in [3.63, 3.8) is 0 Å². The smallest absolute Gasteiger partial charge is 0.245 e. The van der Waals surface area contributed by atoms with Crippen LogP contribution in [0.15, 0.2) is 6.07 Å². The molecule has 0 aromatic carbocycles. The average molecular weight is 220 g/mol. The molecule has 0 radical (unpaired) electrons. The van der Waals surface area contributed by atoms with Crippen molar-refractivity contribution in [2.75, 3.05) is 18.0 Å². The molecule has 2 N–H and O–H groups in total. The average Bonchev–Trinajstić information content (AvgIpc) is 2.89. The van der Waals surface area contributed by atoms with E-state index in [2.05, 4.69) is 44.1 Å². The molecule has 86 valence electrons. The largest absolute Gasteiger partial charge is 0.340 e. The summed E-state index contributed by atoms with van der Waals surface area (Å²) in [5.41, 5.74) is 1.80. The second kappa shape index (κ2) is 4.34. The summed E-state index contributed by atoms with van der Waals surface area (Å²) in [4.78, 5) is 6.50. The number of aryl methyl sites for hydroxylation is 1. The number of hydrogen-bond acceptors (Lipinski definition) is 4. The van der Waals surface area contributed by atoms with Gasteiger partial charge in [0.15, 0.2) is 5.82 Å². The number of hydrogen-bond donors (Lipinski definition) is 2. The molecule has 6 heteroatoms. The number of aromatic amines is 2. The van der Waals surface area contributed by atoms with E-state index in [1.807, 2.05) is 13.0 Å². The molecule has 16 heavy (non-hydrogen) atoms. The third-order valence-corrected chi connectivity index (χ3v) is 2.47. The number of nitrogens with one attached hydrogen (secondary N) is 2. The van der Waals surface area contributed by atoms with Gasteiger partial charge in [-0.1, -0.05) is 0 Å². The summed E-state index contributed by atoms with van der Waals surface area (Å²) in [5.74, 6) is 1.42. The molecular weight excluding hydrogens is 204 g/mol. The topological polar surface area (TPSA) is 73.5 Å². The Balaban J connectivity index is 2.25. The van der Waals surface area contributed by atoms with Gasteiger partial charge in [-0.15, -0.1) is 5.10 Å². The van der Waals surface area contributed by atoms with Crippen LogP contribution in [0.4, 0.5) is 5.95 Å². The molecule has 0 saturated heterocycles. The maximum atomic E-state index is 4.41. The molecule has 0 atom stereocenters. The van der Waals surface area contributed by atoms with Gasteiger partial charge in [-0.25, -0.2) is 0 Å². The summed E-state index contributed by atoms with van der Waals surface area (Å²) in [5, 5.41) is 14.1. The van der Waals surface area contributed by atoms with Crippen LogP contribution in [0, 0.1) is 6.92 Å². The van der Waals surface area contributed by atoms with E-state index >= 15 is 0 Å². The van der Waals surface area contributed by atoms with Crippen LogP contribution in [0.25, 0.3) is 11.5 Å². The predicted molar refractivity (Wildman–Crippen MR) is 62.3 cm³/mol. The molecule has 0 unspecified atom stereocenters. The van der Waals surface area contributed by atoms with Gasteiger partial charge < -0.3 is 4.90 Å². The van der Waals surface area contributed by atoms with E-state index in [0.717, 1.165) is 30.4 Å². The summed E-state index contributed by atoms with van der Waals surface area (Å²) in [7, 11) is 0. The highest BCUT2D eigenvalue weighted by Crippen LogP contribution is 2.15. The lowest BCUT2D eigenvalue weighted by molar-refractivity contribution is 0.824. The second-order valence-electron chi connectivity index (χ2n) is 3.59. The Morgan fingerprint density at radius 1 is 1.19 bits per heavy atom. The maximum absolute atomic E-state index is 4.41. The van der Waals surface area contributed by atoms with E-state index in [9.17, 15) is 0 Å². The Labute approximate surface area is 94.1 Å². The molecule has 0 bridgehead atoms. The standard InChI is InChI=1S/C10H16N6/c1-4-16(5-2)10-11-9(14-15-10)8-6-7(3)12-13-8/h6H,4-5H2,1-3H3,(H,12,13)(H,11,14,15). The van der Waals surface area contributed by atoms with Gasteiger partial charge in [-0.05, 0) is 26.8 Å². The molecular formula is C10H16N6. The van der Waals surface area contributed by atoms with Crippen molar-refractivity contribution in [2.45, 2.75) is 20.8 Å². The predicted octanol–water partition coefficient (Wildman–Crippen LogP) is 1.35. The van der Waals surface area contributed by atoms with Gasteiger partial charge in [0.05, 0.1) is 0 Å². The second-order valence-corrected chi connectivity index (χ2v) is 3.59. The van der Waals surface area contributed by atoms with Gasteiger partial charge in [0.25, 0.3) is 0 Å². The van der Waals surface area contributed by atoms with Crippen molar-refractivity contribution in [1.29, 1.82) is 0 Å². The SMILES string of the molecule is CCN(CC)c1n[nH]c(-c2cc(C)[nH]n2)n1. The van der Waals surface area contributed by atoms with Crippen molar-refractivity contribution >= 4 is 5.95 Å². The summed E-state index contributed by atoms with van der Waals surface area (Å²) in [6, 6.07) is 1.94. The molecule has 0 aliphatic carbocycles. The fraction of sp³-hybridized carbons (Fsp3) is 0.500. The number of aromatic nitrogens is 5. The minimum absolute atomic E-state index is 0.700.